The number of anilines is 1. The molecule has 0 heterocycles. The summed E-state index contributed by atoms with van der Waals surface area (Å²) in [6.45, 7) is 0. The molecule has 8 heteroatoms. The summed E-state index contributed by atoms with van der Waals surface area (Å²) >= 11 is 0. The molecule has 0 spiro atoms. The van der Waals surface area contributed by atoms with Crippen LogP contribution in [0.1, 0.15) is 0 Å². The number of nitrogens with zero attached hydrogens (tertiary/aromatic N) is 1. The predicted octanol–water partition coefficient (Wildman–Crippen LogP) is 0.491. The third kappa shape index (κ3) is 2.79. The standard InChI is InChI=1S/C11H16N4O4/c1-17-7-4-6(15(10(12)13)11(14)16)5-8(18-2)9(7)19-3/h4-5H,1-3H3,(H3,12,13)(H2,14,16). The van der Waals surface area contributed by atoms with Gasteiger partial charge in [-0.2, -0.15) is 0 Å². The van der Waals surface area contributed by atoms with Crippen LogP contribution in [0, 0.1) is 5.41 Å². The second-order valence-electron chi connectivity index (χ2n) is 3.44. The fraction of sp³-hybridized carbons (Fsp3) is 0.273. The van der Waals surface area contributed by atoms with E-state index in [1.807, 2.05) is 0 Å². The van der Waals surface area contributed by atoms with Gasteiger partial charge in [0.15, 0.2) is 11.5 Å². The average Bonchev–Trinajstić information content (AvgIpc) is 2.36. The molecule has 0 saturated carbocycles. The van der Waals surface area contributed by atoms with Crippen molar-refractivity contribution in [2.45, 2.75) is 0 Å². The van der Waals surface area contributed by atoms with Crippen LogP contribution in [0.3, 0.4) is 0 Å². The molecule has 2 amide bonds. The van der Waals surface area contributed by atoms with Gasteiger partial charge in [0, 0.05) is 12.1 Å². The minimum Gasteiger partial charge on any atom is -0.493 e. The summed E-state index contributed by atoms with van der Waals surface area (Å²) in [5.74, 6) is 0.497. The molecule has 1 aromatic rings. The highest BCUT2D eigenvalue weighted by Gasteiger charge is 2.21. The number of rotatable bonds is 4. The molecule has 0 aliphatic rings. The van der Waals surface area contributed by atoms with E-state index in [0.717, 1.165) is 4.90 Å². The summed E-state index contributed by atoms with van der Waals surface area (Å²) in [5.41, 5.74) is 10.7. The van der Waals surface area contributed by atoms with Gasteiger partial charge in [-0.05, 0) is 0 Å². The van der Waals surface area contributed by atoms with E-state index < -0.39 is 12.0 Å². The molecule has 0 atom stereocenters. The number of benzene rings is 1. The molecule has 8 nitrogen and oxygen atoms in total. The van der Waals surface area contributed by atoms with Crippen LogP contribution in [0.15, 0.2) is 12.1 Å². The quantitative estimate of drug-likeness (QED) is 0.541. The Morgan fingerprint density at radius 2 is 1.58 bits per heavy atom. The summed E-state index contributed by atoms with van der Waals surface area (Å²) in [4.78, 5) is 12.1. The Labute approximate surface area is 110 Å². The SMILES string of the molecule is COc1cc(N(C(=N)N)C(N)=O)cc(OC)c1OC. The van der Waals surface area contributed by atoms with Crippen molar-refractivity contribution in [2.75, 3.05) is 26.2 Å². The molecule has 0 fully saturated rings. The normalized spacial score (nSPS) is 9.63. The average molecular weight is 268 g/mol. The number of hydrogen-bond donors (Lipinski definition) is 3. The van der Waals surface area contributed by atoms with Gasteiger partial charge in [-0.1, -0.05) is 0 Å². The van der Waals surface area contributed by atoms with Gasteiger partial charge in [-0.15, -0.1) is 0 Å². The van der Waals surface area contributed by atoms with Crippen molar-refractivity contribution >= 4 is 17.7 Å². The van der Waals surface area contributed by atoms with Crippen LogP contribution in [0.5, 0.6) is 17.2 Å². The smallest absolute Gasteiger partial charge is 0.326 e. The summed E-state index contributed by atoms with van der Waals surface area (Å²) in [6.07, 6.45) is 0. The molecule has 5 N–H and O–H groups in total. The number of carbonyl (C=O) groups excluding carboxylic acids is 1. The monoisotopic (exact) mass is 268 g/mol. The van der Waals surface area contributed by atoms with Crippen molar-refractivity contribution in [1.82, 2.24) is 0 Å². The second kappa shape index (κ2) is 5.80. The van der Waals surface area contributed by atoms with Crippen LogP contribution in [0.25, 0.3) is 0 Å². The molecule has 19 heavy (non-hydrogen) atoms. The minimum absolute atomic E-state index is 0.245. The lowest BCUT2D eigenvalue weighted by Gasteiger charge is -2.21. The Balaban J connectivity index is 3.44. The van der Waals surface area contributed by atoms with Crippen LogP contribution in [-0.4, -0.2) is 33.3 Å². The summed E-state index contributed by atoms with van der Waals surface area (Å²) in [6, 6.07) is 2.04. The maximum atomic E-state index is 11.3. The topological polar surface area (TPSA) is 124 Å². The zero-order valence-corrected chi connectivity index (χ0v) is 10.9. The highest BCUT2D eigenvalue weighted by atomic mass is 16.5. The number of ether oxygens (including phenoxy) is 3. The van der Waals surface area contributed by atoms with E-state index in [1.165, 1.54) is 33.5 Å². The lowest BCUT2D eigenvalue weighted by atomic mass is 10.2. The molecule has 0 aliphatic heterocycles. The lowest BCUT2D eigenvalue weighted by molar-refractivity contribution is 0.256. The van der Waals surface area contributed by atoms with Crippen molar-refractivity contribution < 1.29 is 19.0 Å². The molecular weight excluding hydrogens is 252 g/mol. The van der Waals surface area contributed by atoms with E-state index >= 15 is 0 Å². The van der Waals surface area contributed by atoms with E-state index in [1.54, 1.807) is 0 Å². The third-order valence-electron chi connectivity index (χ3n) is 2.37. The molecule has 0 bridgehead atoms. The summed E-state index contributed by atoms with van der Waals surface area (Å²) < 4.78 is 15.4. The Morgan fingerprint density at radius 3 is 1.84 bits per heavy atom. The Hall–Kier alpha value is -2.64. The number of carbonyl (C=O) groups is 1. The molecule has 0 radical (unpaired) electrons. The van der Waals surface area contributed by atoms with Gasteiger partial charge in [0.2, 0.25) is 11.7 Å². The Kier molecular flexibility index (Phi) is 4.41. The Bertz CT molecular complexity index is 464. The molecule has 0 aliphatic carbocycles. The van der Waals surface area contributed by atoms with Gasteiger partial charge >= 0.3 is 6.03 Å². The summed E-state index contributed by atoms with van der Waals surface area (Å²) in [5, 5.41) is 7.36. The van der Waals surface area contributed by atoms with Crippen molar-refractivity contribution in [3.8, 4) is 17.2 Å². The number of primary amides is 1. The molecular formula is C11H16N4O4. The van der Waals surface area contributed by atoms with E-state index in [4.69, 9.17) is 31.1 Å². The van der Waals surface area contributed by atoms with Gasteiger partial charge in [-0.3, -0.25) is 5.41 Å². The van der Waals surface area contributed by atoms with Crippen molar-refractivity contribution in [2.24, 2.45) is 11.5 Å². The lowest BCUT2D eigenvalue weighted by Crippen LogP contribution is -2.44. The first-order chi connectivity index (χ1) is 8.96. The zero-order valence-electron chi connectivity index (χ0n) is 10.9. The van der Waals surface area contributed by atoms with Crippen molar-refractivity contribution in [1.29, 1.82) is 5.41 Å². The largest absolute Gasteiger partial charge is 0.493 e. The van der Waals surface area contributed by atoms with E-state index in [-0.39, 0.29) is 5.69 Å². The summed E-state index contributed by atoms with van der Waals surface area (Å²) in [7, 11) is 4.32. The predicted molar refractivity (Wildman–Crippen MR) is 70.1 cm³/mol. The minimum atomic E-state index is -0.887. The van der Waals surface area contributed by atoms with E-state index in [9.17, 15) is 4.79 Å². The number of nitrogens with one attached hydrogen (secondary N) is 1. The second-order valence-corrected chi connectivity index (χ2v) is 3.44. The molecule has 1 aromatic carbocycles. The van der Waals surface area contributed by atoms with Crippen molar-refractivity contribution in [3.05, 3.63) is 12.1 Å². The number of guanidine groups is 1. The van der Waals surface area contributed by atoms with Crippen LogP contribution < -0.4 is 30.6 Å². The molecule has 104 valence electrons. The first kappa shape index (κ1) is 14.4. The zero-order chi connectivity index (χ0) is 14.6. The number of urea groups is 1. The number of hydrogen-bond acceptors (Lipinski definition) is 5. The first-order valence-electron chi connectivity index (χ1n) is 5.19. The van der Waals surface area contributed by atoms with Crippen LogP contribution in [0.2, 0.25) is 0 Å². The molecule has 0 aromatic heterocycles. The van der Waals surface area contributed by atoms with Crippen LogP contribution in [0.4, 0.5) is 10.5 Å². The van der Waals surface area contributed by atoms with E-state index in [2.05, 4.69) is 0 Å². The van der Waals surface area contributed by atoms with Gasteiger partial charge in [0.25, 0.3) is 0 Å². The maximum absolute atomic E-state index is 11.3. The molecule has 1 rings (SSSR count). The number of methoxy groups -OCH3 is 3. The number of nitrogens with two attached hydrogens (primary N) is 2. The van der Waals surface area contributed by atoms with Gasteiger partial charge in [0.05, 0.1) is 27.0 Å². The van der Waals surface area contributed by atoms with E-state index in [0.29, 0.717) is 17.2 Å². The first-order valence-corrected chi connectivity index (χ1v) is 5.19. The highest BCUT2D eigenvalue weighted by molar-refractivity contribution is 6.13. The number of amides is 2. The molecule has 0 saturated heterocycles. The Morgan fingerprint density at radius 1 is 1.11 bits per heavy atom. The van der Waals surface area contributed by atoms with Gasteiger partial charge in [-0.25, -0.2) is 9.69 Å². The fourth-order valence-electron chi connectivity index (χ4n) is 1.58. The van der Waals surface area contributed by atoms with Gasteiger partial charge in [0.1, 0.15) is 0 Å². The van der Waals surface area contributed by atoms with Crippen LogP contribution >= 0.6 is 0 Å². The maximum Gasteiger partial charge on any atom is 0.326 e. The van der Waals surface area contributed by atoms with Gasteiger partial charge < -0.3 is 25.7 Å². The highest BCUT2D eigenvalue weighted by Crippen LogP contribution is 2.40. The van der Waals surface area contributed by atoms with Crippen LogP contribution in [-0.2, 0) is 0 Å². The fourth-order valence-corrected chi connectivity index (χ4v) is 1.58. The molecule has 0 unspecified atom stereocenters. The third-order valence-corrected chi connectivity index (χ3v) is 2.37. The van der Waals surface area contributed by atoms with Crippen molar-refractivity contribution in [3.63, 3.8) is 0 Å².